The highest BCUT2D eigenvalue weighted by Gasteiger charge is 2.01. The summed E-state index contributed by atoms with van der Waals surface area (Å²) in [5, 5.41) is 12.2. The minimum atomic E-state index is 0.324. The van der Waals surface area contributed by atoms with Gasteiger partial charge in [0, 0.05) is 22.9 Å². The molecule has 0 aliphatic carbocycles. The second-order valence-corrected chi connectivity index (χ2v) is 6.11. The average molecular weight is 289 g/mol. The molecule has 20 heavy (non-hydrogen) atoms. The van der Waals surface area contributed by atoms with Gasteiger partial charge in [-0.15, -0.1) is 11.3 Å². The summed E-state index contributed by atoms with van der Waals surface area (Å²) < 4.78 is 0. The third kappa shape index (κ3) is 5.08. The maximum absolute atomic E-state index is 8.70. The van der Waals surface area contributed by atoms with Crippen LogP contribution in [0.25, 0.3) is 10.4 Å². The predicted molar refractivity (Wildman–Crippen MR) is 87.0 cm³/mol. The summed E-state index contributed by atoms with van der Waals surface area (Å²) in [6.45, 7) is 2.34. The van der Waals surface area contributed by atoms with Crippen LogP contribution in [0.2, 0.25) is 0 Å². The molecule has 0 unspecified atom stereocenters. The van der Waals surface area contributed by atoms with Crippen molar-refractivity contribution < 1.29 is 5.11 Å². The molecule has 1 aromatic carbocycles. The second kappa shape index (κ2) is 8.90. The minimum absolute atomic E-state index is 0.324. The van der Waals surface area contributed by atoms with Crippen LogP contribution in [0.15, 0.2) is 42.5 Å². The molecule has 1 heterocycles. The van der Waals surface area contributed by atoms with E-state index < -0.39 is 0 Å². The van der Waals surface area contributed by atoms with Crippen molar-refractivity contribution in [1.29, 1.82) is 0 Å². The average Bonchev–Trinajstić information content (AvgIpc) is 2.96. The van der Waals surface area contributed by atoms with E-state index in [-0.39, 0.29) is 0 Å². The molecule has 2 N–H and O–H groups in total. The van der Waals surface area contributed by atoms with Crippen molar-refractivity contribution in [3.05, 3.63) is 47.3 Å². The lowest BCUT2D eigenvalue weighted by Crippen LogP contribution is -2.13. The number of thiophene rings is 1. The molecule has 0 bridgehead atoms. The highest BCUT2D eigenvalue weighted by Crippen LogP contribution is 2.27. The largest absolute Gasteiger partial charge is 0.396 e. The Morgan fingerprint density at radius 3 is 2.50 bits per heavy atom. The van der Waals surface area contributed by atoms with Crippen molar-refractivity contribution in [2.24, 2.45) is 0 Å². The van der Waals surface area contributed by atoms with Crippen LogP contribution in [0, 0.1) is 0 Å². The summed E-state index contributed by atoms with van der Waals surface area (Å²) in [6, 6.07) is 15.0. The summed E-state index contributed by atoms with van der Waals surface area (Å²) in [7, 11) is 0. The Kier molecular flexibility index (Phi) is 6.78. The van der Waals surface area contributed by atoms with E-state index >= 15 is 0 Å². The van der Waals surface area contributed by atoms with Gasteiger partial charge >= 0.3 is 0 Å². The Morgan fingerprint density at radius 2 is 1.70 bits per heavy atom. The van der Waals surface area contributed by atoms with Gasteiger partial charge in [0.2, 0.25) is 0 Å². The zero-order valence-corrected chi connectivity index (χ0v) is 12.7. The van der Waals surface area contributed by atoms with E-state index in [1.165, 1.54) is 28.2 Å². The van der Waals surface area contributed by atoms with Crippen molar-refractivity contribution in [2.45, 2.75) is 32.2 Å². The fraction of sp³-hybridized carbons (Fsp3) is 0.412. The van der Waals surface area contributed by atoms with Gasteiger partial charge in [-0.25, -0.2) is 0 Å². The van der Waals surface area contributed by atoms with Crippen molar-refractivity contribution in [1.82, 2.24) is 5.32 Å². The normalized spacial score (nSPS) is 10.8. The molecule has 2 nitrogen and oxygen atoms in total. The first-order valence-corrected chi connectivity index (χ1v) is 8.17. The fourth-order valence-electron chi connectivity index (χ4n) is 2.16. The Labute approximate surface area is 125 Å². The molecule has 0 radical (unpaired) electrons. The van der Waals surface area contributed by atoms with Gasteiger partial charge in [0.25, 0.3) is 0 Å². The van der Waals surface area contributed by atoms with E-state index in [9.17, 15) is 0 Å². The number of nitrogens with one attached hydrogen (secondary N) is 1. The Bertz CT molecular complexity index is 481. The molecule has 0 amide bonds. The molecule has 0 aliphatic rings. The SMILES string of the molecule is OCCCCCCNCc1ccc(-c2ccccc2)s1. The third-order valence-electron chi connectivity index (χ3n) is 3.28. The van der Waals surface area contributed by atoms with Crippen LogP contribution in [-0.2, 0) is 6.54 Å². The Balaban J connectivity index is 1.69. The molecule has 0 spiro atoms. The first kappa shape index (κ1) is 15.2. The number of rotatable bonds is 9. The van der Waals surface area contributed by atoms with Crippen LogP contribution in [0.3, 0.4) is 0 Å². The van der Waals surface area contributed by atoms with E-state index in [1.807, 2.05) is 11.3 Å². The van der Waals surface area contributed by atoms with Crippen LogP contribution >= 0.6 is 11.3 Å². The molecule has 0 saturated heterocycles. The summed E-state index contributed by atoms with van der Waals surface area (Å²) in [5.41, 5.74) is 1.30. The first-order chi connectivity index (χ1) is 9.90. The van der Waals surface area contributed by atoms with Gasteiger partial charge in [0.05, 0.1) is 0 Å². The predicted octanol–water partition coefficient (Wildman–Crippen LogP) is 4.06. The lowest BCUT2D eigenvalue weighted by Gasteiger charge is -2.02. The molecule has 2 rings (SSSR count). The molecule has 1 aromatic heterocycles. The van der Waals surface area contributed by atoms with Gasteiger partial charge in [-0.2, -0.15) is 0 Å². The molecular formula is C17H23NOS. The highest BCUT2D eigenvalue weighted by atomic mass is 32.1. The van der Waals surface area contributed by atoms with E-state index in [0.29, 0.717) is 6.61 Å². The molecule has 0 aliphatic heterocycles. The molecule has 3 heteroatoms. The first-order valence-electron chi connectivity index (χ1n) is 7.36. The number of hydrogen-bond acceptors (Lipinski definition) is 3. The second-order valence-electron chi connectivity index (χ2n) is 4.95. The zero-order valence-electron chi connectivity index (χ0n) is 11.8. The van der Waals surface area contributed by atoms with Crippen LogP contribution in [0.1, 0.15) is 30.6 Å². The zero-order chi connectivity index (χ0) is 14.0. The molecule has 2 aromatic rings. The molecular weight excluding hydrogens is 266 g/mol. The van der Waals surface area contributed by atoms with E-state index in [2.05, 4.69) is 47.8 Å². The number of aliphatic hydroxyl groups is 1. The smallest absolute Gasteiger partial charge is 0.0431 e. The van der Waals surface area contributed by atoms with Gasteiger partial charge in [0.15, 0.2) is 0 Å². The quantitative estimate of drug-likeness (QED) is 0.682. The van der Waals surface area contributed by atoms with E-state index in [4.69, 9.17) is 5.11 Å². The highest BCUT2D eigenvalue weighted by molar-refractivity contribution is 7.15. The third-order valence-corrected chi connectivity index (χ3v) is 4.42. The van der Waals surface area contributed by atoms with E-state index in [1.54, 1.807) is 0 Å². The number of aliphatic hydroxyl groups excluding tert-OH is 1. The molecule has 0 atom stereocenters. The lowest BCUT2D eigenvalue weighted by atomic mass is 10.2. The monoisotopic (exact) mass is 289 g/mol. The lowest BCUT2D eigenvalue weighted by molar-refractivity contribution is 0.282. The Morgan fingerprint density at radius 1 is 0.900 bits per heavy atom. The maximum Gasteiger partial charge on any atom is 0.0431 e. The van der Waals surface area contributed by atoms with Gasteiger partial charge in [-0.3, -0.25) is 0 Å². The number of unbranched alkanes of at least 4 members (excludes halogenated alkanes) is 3. The van der Waals surface area contributed by atoms with Crippen LogP contribution in [0.5, 0.6) is 0 Å². The molecule has 0 fully saturated rings. The van der Waals surface area contributed by atoms with Gasteiger partial charge in [0.1, 0.15) is 0 Å². The molecule has 108 valence electrons. The summed E-state index contributed by atoms with van der Waals surface area (Å²) in [4.78, 5) is 2.73. The fourth-order valence-corrected chi connectivity index (χ4v) is 3.14. The topological polar surface area (TPSA) is 32.3 Å². The maximum atomic E-state index is 8.70. The Hall–Kier alpha value is -1.16. The van der Waals surface area contributed by atoms with Gasteiger partial charge < -0.3 is 10.4 Å². The summed E-state index contributed by atoms with van der Waals surface area (Å²) >= 11 is 1.86. The minimum Gasteiger partial charge on any atom is -0.396 e. The van der Waals surface area contributed by atoms with Crippen molar-refractivity contribution in [3.63, 3.8) is 0 Å². The standard InChI is InChI=1S/C17H23NOS/c19-13-7-2-1-6-12-18-14-16-10-11-17(20-16)15-8-4-3-5-9-15/h3-5,8-11,18-19H,1-2,6-7,12-14H2. The number of benzene rings is 1. The summed E-state index contributed by atoms with van der Waals surface area (Å²) in [5.74, 6) is 0. The number of hydrogen-bond donors (Lipinski definition) is 2. The van der Waals surface area contributed by atoms with Gasteiger partial charge in [-0.1, -0.05) is 43.2 Å². The van der Waals surface area contributed by atoms with Crippen LogP contribution in [0.4, 0.5) is 0 Å². The van der Waals surface area contributed by atoms with Crippen LogP contribution < -0.4 is 5.32 Å². The van der Waals surface area contributed by atoms with Crippen LogP contribution in [-0.4, -0.2) is 18.3 Å². The van der Waals surface area contributed by atoms with Crippen molar-refractivity contribution in [2.75, 3.05) is 13.2 Å². The van der Waals surface area contributed by atoms with Gasteiger partial charge in [-0.05, 0) is 37.1 Å². The van der Waals surface area contributed by atoms with E-state index in [0.717, 1.165) is 25.9 Å². The summed E-state index contributed by atoms with van der Waals surface area (Å²) in [6.07, 6.45) is 4.46. The van der Waals surface area contributed by atoms with Crippen molar-refractivity contribution in [3.8, 4) is 10.4 Å². The van der Waals surface area contributed by atoms with Crippen molar-refractivity contribution >= 4 is 11.3 Å². The molecule has 0 saturated carbocycles.